The van der Waals surface area contributed by atoms with Crippen molar-refractivity contribution in [2.75, 3.05) is 39.8 Å². The maximum Gasteiger partial charge on any atom is -0.00187 e. The molecule has 0 aromatic heterocycles. The fraction of sp³-hybridized carbons (Fsp3) is 1.00. The van der Waals surface area contributed by atoms with Crippen molar-refractivity contribution in [3.8, 4) is 0 Å². The number of rotatable bonds is 6. The van der Waals surface area contributed by atoms with Crippen molar-refractivity contribution >= 4 is 0 Å². The molecule has 0 amide bonds. The standard InChI is InChI=1S/C13H29N3/c1-13(2,11-14)6-7-15-10-12-4-8-16(3)9-5-12/h12,15H,4-11,14H2,1-3H3. The van der Waals surface area contributed by atoms with Gasteiger partial charge in [-0.3, -0.25) is 0 Å². The van der Waals surface area contributed by atoms with E-state index in [4.69, 9.17) is 5.73 Å². The molecule has 0 radical (unpaired) electrons. The van der Waals surface area contributed by atoms with Crippen molar-refractivity contribution in [2.45, 2.75) is 33.1 Å². The largest absolute Gasteiger partial charge is 0.330 e. The van der Waals surface area contributed by atoms with Crippen LogP contribution in [0.2, 0.25) is 0 Å². The molecule has 3 heteroatoms. The summed E-state index contributed by atoms with van der Waals surface area (Å²) in [6, 6.07) is 0. The van der Waals surface area contributed by atoms with Gasteiger partial charge in [-0.15, -0.1) is 0 Å². The second kappa shape index (κ2) is 6.58. The highest BCUT2D eigenvalue weighted by Gasteiger charge is 2.17. The summed E-state index contributed by atoms with van der Waals surface area (Å²) >= 11 is 0. The van der Waals surface area contributed by atoms with E-state index in [-0.39, 0.29) is 0 Å². The highest BCUT2D eigenvalue weighted by Crippen LogP contribution is 2.18. The third-order valence-corrected chi connectivity index (χ3v) is 3.80. The van der Waals surface area contributed by atoms with E-state index >= 15 is 0 Å². The SMILES string of the molecule is CN1CCC(CNCCC(C)(C)CN)CC1. The van der Waals surface area contributed by atoms with Crippen molar-refractivity contribution < 1.29 is 0 Å². The van der Waals surface area contributed by atoms with Gasteiger partial charge in [0.05, 0.1) is 0 Å². The lowest BCUT2D eigenvalue weighted by Gasteiger charge is -2.29. The molecule has 96 valence electrons. The maximum absolute atomic E-state index is 5.71. The summed E-state index contributed by atoms with van der Waals surface area (Å²) in [6.07, 6.45) is 3.88. The number of nitrogens with one attached hydrogen (secondary N) is 1. The predicted octanol–water partition coefficient (Wildman–Crippen LogP) is 1.29. The number of nitrogens with two attached hydrogens (primary N) is 1. The Bertz CT molecular complexity index is 184. The van der Waals surface area contributed by atoms with Crippen LogP contribution in [-0.4, -0.2) is 44.7 Å². The van der Waals surface area contributed by atoms with E-state index in [1.807, 2.05) is 0 Å². The van der Waals surface area contributed by atoms with Gasteiger partial charge in [-0.2, -0.15) is 0 Å². The Morgan fingerprint density at radius 1 is 1.31 bits per heavy atom. The minimum absolute atomic E-state index is 0.291. The number of nitrogens with zero attached hydrogens (tertiary/aromatic N) is 1. The van der Waals surface area contributed by atoms with Gasteiger partial charge in [0.2, 0.25) is 0 Å². The average Bonchev–Trinajstić information content (AvgIpc) is 2.27. The zero-order chi connectivity index (χ0) is 12.0. The first-order valence-corrected chi connectivity index (χ1v) is 6.63. The lowest BCUT2D eigenvalue weighted by Crippen LogP contribution is -2.36. The van der Waals surface area contributed by atoms with Crippen LogP contribution >= 0.6 is 0 Å². The van der Waals surface area contributed by atoms with Crippen LogP contribution in [0.5, 0.6) is 0 Å². The van der Waals surface area contributed by atoms with Gasteiger partial charge in [0.15, 0.2) is 0 Å². The van der Waals surface area contributed by atoms with Crippen LogP contribution in [0.15, 0.2) is 0 Å². The summed E-state index contributed by atoms with van der Waals surface area (Å²) in [5.74, 6) is 0.886. The van der Waals surface area contributed by atoms with Gasteiger partial charge in [0.1, 0.15) is 0 Å². The number of hydrogen-bond acceptors (Lipinski definition) is 3. The molecule has 3 N–H and O–H groups in total. The molecular formula is C13H29N3. The fourth-order valence-corrected chi connectivity index (χ4v) is 2.10. The zero-order valence-corrected chi connectivity index (χ0v) is 11.3. The average molecular weight is 227 g/mol. The van der Waals surface area contributed by atoms with E-state index in [9.17, 15) is 0 Å². The van der Waals surface area contributed by atoms with Gasteiger partial charge in [-0.25, -0.2) is 0 Å². The summed E-state index contributed by atoms with van der Waals surface area (Å²) in [7, 11) is 2.22. The van der Waals surface area contributed by atoms with Crippen LogP contribution < -0.4 is 11.1 Å². The molecule has 3 nitrogen and oxygen atoms in total. The molecule has 16 heavy (non-hydrogen) atoms. The molecule has 1 heterocycles. The maximum atomic E-state index is 5.71. The second-order valence-corrected chi connectivity index (χ2v) is 6.07. The summed E-state index contributed by atoms with van der Waals surface area (Å²) in [5, 5.41) is 3.59. The van der Waals surface area contributed by atoms with E-state index in [1.165, 1.54) is 38.9 Å². The zero-order valence-electron chi connectivity index (χ0n) is 11.3. The monoisotopic (exact) mass is 227 g/mol. The third-order valence-electron chi connectivity index (χ3n) is 3.80. The summed E-state index contributed by atoms with van der Waals surface area (Å²) < 4.78 is 0. The lowest BCUT2D eigenvalue weighted by molar-refractivity contribution is 0.214. The van der Waals surface area contributed by atoms with E-state index in [0.29, 0.717) is 5.41 Å². The van der Waals surface area contributed by atoms with E-state index in [2.05, 4.69) is 31.1 Å². The Kier molecular flexibility index (Phi) is 5.73. The summed E-state index contributed by atoms with van der Waals surface area (Å²) in [6.45, 7) is 10.1. The normalized spacial score (nSPS) is 20.2. The molecule has 1 fully saturated rings. The van der Waals surface area contributed by atoms with Gasteiger partial charge in [0.25, 0.3) is 0 Å². The lowest BCUT2D eigenvalue weighted by atomic mass is 9.89. The van der Waals surface area contributed by atoms with Crippen molar-refractivity contribution in [2.24, 2.45) is 17.1 Å². The highest BCUT2D eigenvalue weighted by molar-refractivity contribution is 4.74. The number of piperidine rings is 1. The molecule has 0 bridgehead atoms. The quantitative estimate of drug-likeness (QED) is 0.672. The van der Waals surface area contributed by atoms with Crippen LogP contribution in [0.25, 0.3) is 0 Å². The van der Waals surface area contributed by atoms with Gasteiger partial charge >= 0.3 is 0 Å². The van der Waals surface area contributed by atoms with E-state index < -0.39 is 0 Å². The topological polar surface area (TPSA) is 41.3 Å². The predicted molar refractivity (Wildman–Crippen MR) is 70.5 cm³/mol. The molecule has 0 aromatic carbocycles. The van der Waals surface area contributed by atoms with Crippen molar-refractivity contribution in [1.82, 2.24) is 10.2 Å². The molecule has 1 aliphatic rings. The minimum atomic E-state index is 0.291. The summed E-state index contributed by atoms with van der Waals surface area (Å²) in [5.41, 5.74) is 6.00. The van der Waals surface area contributed by atoms with Crippen LogP contribution in [0, 0.1) is 11.3 Å². The van der Waals surface area contributed by atoms with Gasteiger partial charge in [-0.1, -0.05) is 13.8 Å². The Balaban J connectivity index is 2.03. The molecule has 0 spiro atoms. The van der Waals surface area contributed by atoms with Crippen LogP contribution in [0.4, 0.5) is 0 Å². The molecule has 0 atom stereocenters. The van der Waals surface area contributed by atoms with Crippen LogP contribution in [0.3, 0.4) is 0 Å². The van der Waals surface area contributed by atoms with Gasteiger partial charge in [0, 0.05) is 0 Å². The Morgan fingerprint density at radius 2 is 1.94 bits per heavy atom. The third kappa shape index (κ3) is 5.28. The fourth-order valence-electron chi connectivity index (χ4n) is 2.10. The highest BCUT2D eigenvalue weighted by atomic mass is 15.1. The first-order valence-electron chi connectivity index (χ1n) is 6.63. The minimum Gasteiger partial charge on any atom is -0.330 e. The number of likely N-dealkylation sites (tertiary alicyclic amines) is 1. The van der Waals surface area contributed by atoms with Crippen molar-refractivity contribution in [3.63, 3.8) is 0 Å². The number of hydrogen-bond donors (Lipinski definition) is 2. The molecular weight excluding hydrogens is 198 g/mol. The van der Waals surface area contributed by atoms with Crippen LogP contribution in [-0.2, 0) is 0 Å². The first-order chi connectivity index (χ1) is 7.53. The summed E-state index contributed by atoms with van der Waals surface area (Å²) in [4.78, 5) is 2.42. The van der Waals surface area contributed by atoms with E-state index in [1.54, 1.807) is 0 Å². The smallest absolute Gasteiger partial charge is 0.00187 e. The van der Waals surface area contributed by atoms with Gasteiger partial charge < -0.3 is 16.0 Å². The molecule has 0 unspecified atom stereocenters. The molecule has 1 aliphatic heterocycles. The molecule has 1 rings (SSSR count). The van der Waals surface area contributed by atoms with Crippen molar-refractivity contribution in [3.05, 3.63) is 0 Å². The molecule has 0 aromatic rings. The van der Waals surface area contributed by atoms with E-state index in [0.717, 1.165) is 19.0 Å². The Morgan fingerprint density at radius 3 is 2.50 bits per heavy atom. The molecule has 1 saturated heterocycles. The van der Waals surface area contributed by atoms with Crippen LogP contribution in [0.1, 0.15) is 33.1 Å². The Hall–Kier alpha value is -0.120. The first kappa shape index (κ1) is 13.9. The second-order valence-electron chi connectivity index (χ2n) is 6.07. The van der Waals surface area contributed by atoms with Gasteiger partial charge in [-0.05, 0) is 70.4 Å². The molecule has 0 saturated carbocycles. The Labute approximate surface area is 101 Å². The van der Waals surface area contributed by atoms with Crippen molar-refractivity contribution in [1.29, 1.82) is 0 Å². The molecule has 0 aliphatic carbocycles.